The first-order valence-corrected chi connectivity index (χ1v) is 10.1. The minimum atomic E-state index is 0.0220. The Morgan fingerprint density at radius 2 is 1.74 bits per heavy atom. The van der Waals surface area contributed by atoms with Gasteiger partial charge in [-0.15, -0.1) is 0 Å². The summed E-state index contributed by atoms with van der Waals surface area (Å²) < 4.78 is 2.06. The van der Waals surface area contributed by atoms with Gasteiger partial charge in [0.1, 0.15) is 5.65 Å². The van der Waals surface area contributed by atoms with Crippen molar-refractivity contribution in [2.45, 2.75) is 32.0 Å². The van der Waals surface area contributed by atoms with Gasteiger partial charge in [-0.25, -0.2) is 9.97 Å². The molecule has 5 nitrogen and oxygen atoms in total. The van der Waals surface area contributed by atoms with Crippen molar-refractivity contribution in [1.82, 2.24) is 19.7 Å². The van der Waals surface area contributed by atoms with Crippen LogP contribution in [0.1, 0.15) is 20.8 Å². The lowest BCUT2D eigenvalue weighted by Gasteiger charge is -2.17. The van der Waals surface area contributed by atoms with Crippen molar-refractivity contribution >= 4 is 45.3 Å². The van der Waals surface area contributed by atoms with Gasteiger partial charge in [0.05, 0.1) is 22.3 Å². The molecule has 1 N–H and O–H groups in total. The summed E-state index contributed by atoms with van der Waals surface area (Å²) in [6.45, 7) is 6.23. The lowest BCUT2D eigenvalue weighted by atomic mass is 10.1. The van der Waals surface area contributed by atoms with Crippen molar-refractivity contribution in [3.63, 3.8) is 0 Å². The van der Waals surface area contributed by atoms with Crippen molar-refractivity contribution < 1.29 is 4.79 Å². The number of carbonyl (C=O) groups excluding carboxylic acids is 1. The highest BCUT2D eigenvalue weighted by Crippen LogP contribution is 2.28. The smallest absolute Gasteiger partial charge is 0.230 e. The summed E-state index contributed by atoms with van der Waals surface area (Å²) in [6.07, 6.45) is 0. The quantitative estimate of drug-likeness (QED) is 0.416. The number of hydrogen-bond acceptors (Lipinski definition) is 4. The fourth-order valence-electron chi connectivity index (χ4n) is 3.00. The van der Waals surface area contributed by atoms with Crippen LogP contribution in [0, 0.1) is 5.92 Å². The van der Waals surface area contributed by atoms with Gasteiger partial charge >= 0.3 is 0 Å². The molecule has 0 fully saturated rings. The van der Waals surface area contributed by atoms with Gasteiger partial charge in [-0.1, -0.05) is 49.9 Å². The van der Waals surface area contributed by atoms with Crippen molar-refractivity contribution in [2.75, 3.05) is 5.75 Å². The lowest BCUT2D eigenvalue weighted by molar-refractivity contribution is -0.119. The van der Waals surface area contributed by atoms with E-state index in [0.29, 0.717) is 11.7 Å². The molecule has 2 aromatic carbocycles. The Labute approximate surface area is 162 Å². The number of nitrogens with zero attached hydrogens (tertiary/aromatic N) is 3. The van der Waals surface area contributed by atoms with Crippen LogP contribution in [0.3, 0.4) is 0 Å². The van der Waals surface area contributed by atoms with Crippen LogP contribution >= 0.6 is 11.8 Å². The largest absolute Gasteiger partial charge is 0.353 e. The molecule has 0 radical (unpaired) electrons. The first-order chi connectivity index (χ1) is 13.0. The maximum Gasteiger partial charge on any atom is 0.230 e. The number of fused-ring (bicyclic) bond motifs is 5. The van der Waals surface area contributed by atoms with Crippen LogP contribution in [-0.4, -0.2) is 32.1 Å². The van der Waals surface area contributed by atoms with Gasteiger partial charge in [0.15, 0.2) is 5.16 Å². The number of imidazole rings is 1. The second kappa shape index (κ2) is 7.19. The molecular weight excluding hydrogens is 356 g/mol. The maximum atomic E-state index is 12.3. The average molecular weight is 379 g/mol. The number of para-hydroxylation sites is 3. The Hall–Kier alpha value is -2.60. The first kappa shape index (κ1) is 17.8. The monoisotopic (exact) mass is 378 g/mol. The zero-order valence-corrected chi connectivity index (χ0v) is 16.5. The molecule has 138 valence electrons. The van der Waals surface area contributed by atoms with E-state index in [2.05, 4.69) is 23.6 Å². The molecule has 0 aliphatic rings. The Kier molecular flexibility index (Phi) is 4.74. The predicted octanol–water partition coefficient (Wildman–Crippen LogP) is 4.29. The van der Waals surface area contributed by atoms with E-state index in [9.17, 15) is 4.79 Å². The molecule has 1 atom stereocenters. The van der Waals surface area contributed by atoms with E-state index < -0.39 is 0 Å². The number of rotatable bonds is 5. The Morgan fingerprint density at radius 3 is 2.52 bits per heavy atom. The standard InChI is InChI=1S/C21H22N4OS/c1-13(2)14(3)22-19(26)12-27-21-24-16-9-5-4-8-15(16)20-23-17-10-6-7-11-18(17)25(20)21/h4-11,13-14H,12H2,1-3H3,(H,22,26)/t14-/m0/s1. The predicted molar refractivity (Wildman–Crippen MR) is 111 cm³/mol. The molecule has 4 rings (SSSR count). The second-order valence-electron chi connectivity index (χ2n) is 7.06. The molecule has 0 spiro atoms. The fourth-order valence-corrected chi connectivity index (χ4v) is 3.82. The molecule has 0 aliphatic heterocycles. The molecule has 2 heterocycles. The van der Waals surface area contributed by atoms with Gasteiger partial charge in [0.25, 0.3) is 0 Å². The zero-order chi connectivity index (χ0) is 19.0. The highest BCUT2D eigenvalue weighted by atomic mass is 32.2. The Bertz CT molecular complexity index is 1140. The third-order valence-electron chi connectivity index (χ3n) is 4.83. The highest BCUT2D eigenvalue weighted by Gasteiger charge is 2.16. The van der Waals surface area contributed by atoms with Gasteiger partial charge in [-0.3, -0.25) is 9.20 Å². The van der Waals surface area contributed by atoms with E-state index in [1.54, 1.807) is 0 Å². The van der Waals surface area contributed by atoms with Crippen LogP contribution in [0.15, 0.2) is 53.7 Å². The van der Waals surface area contributed by atoms with Gasteiger partial charge < -0.3 is 5.32 Å². The van der Waals surface area contributed by atoms with Gasteiger partial charge in [-0.2, -0.15) is 0 Å². The van der Waals surface area contributed by atoms with Crippen LogP contribution < -0.4 is 5.32 Å². The molecule has 0 bridgehead atoms. The topological polar surface area (TPSA) is 59.3 Å². The molecular formula is C21H22N4OS. The number of amides is 1. The van der Waals surface area contributed by atoms with E-state index in [0.717, 1.165) is 32.7 Å². The SMILES string of the molecule is CC(C)[C@H](C)NC(=O)CSc1nc2ccccc2c2nc3ccccc3n12. The van der Waals surface area contributed by atoms with Gasteiger partial charge in [-0.05, 0) is 37.1 Å². The number of aromatic nitrogens is 3. The molecule has 4 aromatic rings. The Balaban J connectivity index is 1.76. The summed E-state index contributed by atoms with van der Waals surface area (Å²) in [7, 11) is 0. The van der Waals surface area contributed by atoms with Crippen LogP contribution in [-0.2, 0) is 4.79 Å². The molecule has 0 saturated carbocycles. The van der Waals surface area contributed by atoms with E-state index >= 15 is 0 Å². The van der Waals surface area contributed by atoms with Crippen molar-refractivity contribution in [3.8, 4) is 0 Å². The summed E-state index contributed by atoms with van der Waals surface area (Å²) in [6, 6.07) is 16.2. The molecule has 0 saturated heterocycles. The first-order valence-electron chi connectivity index (χ1n) is 9.12. The second-order valence-corrected chi connectivity index (χ2v) is 8.00. The highest BCUT2D eigenvalue weighted by molar-refractivity contribution is 7.99. The maximum absolute atomic E-state index is 12.3. The van der Waals surface area contributed by atoms with E-state index in [1.807, 2.05) is 55.5 Å². The van der Waals surface area contributed by atoms with Crippen LogP contribution in [0.2, 0.25) is 0 Å². The van der Waals surface area contributed by atoms with Crippen LogP contribution in [0.5, 0.6) is 0 Å². The average Bonchev–Trinajstić information content (AvgIpc) is 3.06. The summed E-state index contributed by atoms with van der Waals surface area (Å²) in [5, 5.41) is 4.85. The number of thioether (sulfide) groups is 1. The number of nitrogens with one attached hydrogen (secondary N) is 1. The minimum absolute atomic E-state index is 0.0220. The van der Waals surface area contributed by atoms with Gasteiger partial charge in [0, 0.05) is 11.4 Å². The molecule has 0 aliphatic carbocycles. The number of hydrogen-bond donors (Lipinski definition) is 1. The van der Waals surface area contributed by atoms with Gasteiger partial charge in [0.2, 0.25) is 5.91 Å². The number of benzene rings is 2. The third kappa shape index (κ3) is 3.37. The van der Waals surface area contributed by atoms with E-state index in [4.69, 9.17) is 9.97 Å². The zero-order valence-electron chi connectivity index (χ0n) is 15.6. The van der Waals surface area contributed by atoms with Crippen molar-refractivity contribution in [1.29, 1.82) is 0 Å². The van der Waals surface area contributed by atoms with Crippen LogP contribution in [0.25, 0.3) is 27.6 Å². The normalized spacial score (nSPS) is 12.9. The minimum Gasteiger partial charge on any atom is -0.353 e. The van der Waals surface area contributed by atoms with E-state index in [1.165, 1.54) is 11.8 Å². The summed E-state index contributed by atoms with van der Waals surface area (Å²) >= 11 is 1.45. The van der Waals surface area contributed by atoms with E-state index in [-0.39, 0.29) is 11.9 Å². The summed E-state index contributed by atoms with van der Waals surface area (Å²) in [5.41, 5.74) is 3.69. The van der Waals surface area contributed by atoms with Crippen molar-refractivity contribution in [2.24, 2.45) is 5.92 Å². The summed E-state index contributed by atoms with van der Waals surface area (Å²) in [5.74, 6) is 0.750. The molecule has 27 heavy (non-hydrogen) atoms. The molecule has 1 amide bonds. The lowest BCUT2D eigenvalue weighted by Crippen LogP contribution is -2.37. The summed E-state index contributed by atoms with van der Waals surface area (Å²) in [4.78, 5) is 22.0. The third-order valence-corrected chi connectivity index (χ3v) is 5.77. The number of carbonyl (C=O) groups is 1. The Morgan fingerprint density at radius 1 is 1.04 bits per heavy atom. The molecule has 2 aromatic heterocycles. The molecule has 6 heteroatoms. The fraction of sp³-hybridized carbons (Fsp3) is 0.286. The van der Waals surface area contributed by atoms with Crippen molar-refractivity contribution in [3.05, 3.63) is 48.5 Å². The van der Waals surface area contributed by atoms with Crippen LogP contribution in [0.4, 0.5) is 0 Å². The molecule has 0 unspecified atom stereocenters.